The molecule has 0 bridgehead atoms. The maximum absolute atomic E-state index is 6.15. The van der Waals surface area contributed by atoms with Gasteiger partial charge in [0.05, 0.1) is 5.69 Å². The number of hydrogen-bond donors (Lipinski definition) is 1. The van der Waals surface area contributed by atoms with Gasteiger partial charge in [-0.1, -0.05) is 0 Å². The van der Waals surface area contributed by atoms with Gasteiger partial charge in [0, 0.05) is 37.7 Å². The summed E-state index contributed by atoms with van der Waals surface area (Å²) in [5, 5.41) is 1.15. The summed E-state index contributed by atoms with van der Waals surface area (Å²) in [5.41, 5.74) is 7.31. The molecule has 1 aromatic rings. The molecule has 1 aliphatic carbocycles. The van der Waals surface area contributed by atoms with Crippen LogP contribution in [-0.4, -0.2) is 31.8 Å². The third-order valence-corrected chi connectivity index (χ3v) is 5.43. The molecule has 0 spiro atoms. The number of rotatable bonds is 3. The van der Waals surface area contributed by atoms with Crippen LogP contribution in [0.5, 0.6) is 0 Å². The maximum Gasteiger partial charge on any atom is 0.185 e. The summed E-state index contributed by atoms with van der Waals surface area (Å²) in [5.74, 6) is 0.744. The number of nitrogens with zero attached hydrogens (tertiary/aromatic N) is 2. The van der Waals surface area contributed by atoms with Crippen LogP contribution >= 0.6 is 11.3 Å². The fourth-order valence-electron chi connectivity index (χ4n) is 3.00. The van der Waals surface area contributed by atoms with Crippen LogP contribution < -0.4 is 10.6 Å². The molecule has 2 heterocycles. The first-order chi connectivity index (χ1) is 9.24. The molecule has 1 saturated heterocycles. The molecule has 1 atom stereocenters. The fraction of sp³-hybridized carbons (Fsp3) is 0.786. The summed E-state index contributed by atoms with van der Waals surface area (Å²) in [7, 11) is 2.16. The second-order valence-corrected chi connectivity index (χ2v) is 6.80. The van der Waals surface area contributed by atoms with Crippen molar-refractivity contribution in [2.75, 3.05) is 31.7 Å². The van der Waals surface area contributed by atoms with Crippen LogP contribution in [0.4, 0.5) is 5.13 Å². The monoisotopic (exact) mass is 281 g/mol. The minimum atomic E-state index is 0.158. The first kappa shape index (κ1) is 13.3. The van der Waals surface area contributed by atoms with E-state index in [0.717, 1.165) is 49.3 Å². The van der Waals surface area contributed by atoms with E-state index in [9.17, 15) is 0 Å². The number of nitrogens with two attached hydrogens (primary N) is 1. The van der Waals surface area contributed by atoms with E-state index < -0.39 is 0 Å². The van der Waals surface area contributed by atoms with Gasteiger partial charge in [-0.15, -0.1) is 11.3 Å². The van der Waals surface area contributed by atoms with Crippen molar-refractivity contribution < 1.29 is 4.74 Å². The molecular weight excluding hydrogens is 258 g/mol. The van der Waals surface area contributed by atoms with Crippen LogP contribution in [0.1, 0.15) is 42.3 Å². The number of aryl methyl sites for hydroxylation is 1. The summed E-state index contributed by atoms with van der Waals surface area (Å²) in [6, 6.07) is 0.158. The molecule has 0 amide bonds. The van der Waals surface area contributed by atoms with Crippen LogP contribution in [0, 0.1) is 5.92 Å². The molecular formula is C14H23N3OS. The fourth-order valence-corrected chi connectivity index (χ4v) is 4.14. The third kappa shape index (κ3) is 2.93. The summed E-state index contributed by atoms with van der Waals surface area (Å²) >= 11 is 1.84. The lowest BCUT2D eigenvalue weighted by Crippen LogP contribution is -2.29. The molecule has 1 unspecified atom stereocenters. The van der Waals surface area contributed by atoms with Gasteiger partial charge in [-0.25, -0.2) is 4.98 Å². The number of thiazole rings is 1. The highest BCUT2D eigenvalue weighted by atomic mass is 32.1. The zero-order valence-electron chi connectivity index (χ0n) is 11.6. The molecule has 1 aliphatic heterocycles. The van der Waals surface area contributed by atoms with E-state index in [0.29, 0.717) is 0 Å². The average molecular weight is 281 g/mol. The van der Waals surface area contributed by atoms with Crippen molar-refractivity contribution in [1.29, 1.82) is 0 Å². The highest BCUT2D eigenvalue weighted by molar-refractivity contribution is 7.15. The number of anilines is 1. The Balaban J connectivity index is 1.67. The minimum absolute atomic E-state index is 0.158. The van der Waals surface area contributed by atoms with Crippen LogP contribution in [0.2, 0.25) is 0 Å². The highest BCUT2D eigenvalue weighted by Gasteiger charge is 2.24. The number of ether oxygens (including phenoxy) is 1. The van der Waals surface area contributed by atoms with E-state index in [-0.39, 0.29) is 6.04 Å². The van der Waals surface area contributed by atoms with Gasteiger partial charge in [0.2, 0.25) is 0 Å². The minimum Gasteiger partial charge on any atom is -0.381 e. The van der Waals surface area contributed by atoms with Crippen LogP contribution in [-0.2, 0) is 11.2 Å². The maximum atomic E-state index is 6.15. The first-order valence-electron chi connectivity index (χ1n) is 7.28. The lowest BCUT2D eigenvalue weighted by molar-refractivity contribution is 0.0685. The third-order valence-electron chi connectivity index (χ3n) is 4.19. The first-order valence-corrected chi connectivity index (χ1v) is 8.09. The van der Waals surface area contributed by atoms with Gasteiger partial charge < -0.3 is 15.4 Å². The Bertz CT molecular complexity index is 428. The smallest absolute Gasteiger partial charge is 0.185 e. The van der Waals surface area contributed by atoms with E-state index in [4.69, 9.17) is 15.5 Å². The van der Waals surface area contributed by atoms with Crippen molar-refractivity contribution in [3.8, 4) is 0 Å². The topological polar surface area (TPSA) is 51.4 Å². The van der Waals surface area contributed by atoms with Crippen LogP contribution in [0.3, 0.4) is 0 Å². The molecule has 5 heteroatoms. The Labute approximate surface area is 119 Å². The number of hydrogen-bond acceptors (Lipinski definition) is 5. The van der Waals surface area contributed by atoms with Gasteiger partial charge in [0.25, 0.3) is 0 Å². The van der Waals surface area contributed by atoms with Crippen molar-refractivity contribution in [1.82, 2.24) is 4.98 Å². The van der Waals surface area contributed by atoms with Gasteiger partial charge >= 0.3 is 0 Å². The average Bonchev–Trinajstić information content (AvgIpc) is 2.85. The normalized spacial score (nSPS) is 24.2. The molecule has 1 fully saturated rings. The van der Waals surface area contributed by atoms with Gasteiger partial charge in [-0.3, -0.25) is 0 Å². The summed E-state index contributed by atoms with van der Waals surface area (Å²) < 4.78 is 5.42. The van der Waals surface area contributed by atoms with Crippen molar-refractivity contribution in [3.63, 3.8) is 0 Å². The second-order valence-electron chi connectivity index (χ2n) is 5.74. The lowest BCUT2D eigenvalue weighted by Gasteiger charge is -2.26. The SMILES string of the molecule is CN(CC1CCOCC1)c1nc2c(s1)CCCC2N. The number of fused-ring (bicyclic) bond motifs is 1. The summed E-state index contributed by atoms with van der Waals surface area (Å²) in [6.07, 6.45) is 5.80. The predicted octanol–water partition coefficient (Wildman–Crippen LogP) is 2.34. The van der Waals surface area contributed by atoms with Gasteiger partial charge in [-0.2, -0.15) is 0 Å². The number of aromatic nitrogens is 1. The zero-order valence-corrected chi connectivity index (χ0v) is 12.4. The Morgan fingerprint density at radius 1 is 1.37 bits per heavy atom. The van der Waals surface area contributed by atoms with E-state index in [2.05, 4.69) is 11.9 Å². The molecule has 4 nitrogen and oxygen atoms in total. The molecule has 0 aromatic carbocycles. The van der Waals surface area contributed by atoms with Crippen molar-refractivity contribution >= 4 is 16.5 Å². The highest BCUT2D eigenvalue weighted by Crippen LogP contribution is 2.35. The van der Waals surface area contributed by atoms with E-state index in [1.807, 2.05) is 11.3 Å². The Kier molecular flexibility index (Phi) is 4.05. The molecule has 3 rings (SSSR count). The quantitative estimate of drug-likeness (QED) is 0.924. The van der Waals surface area contributed by atoms with Crippen LogP contribution in [0.25, 0.3) is 0 Å². The van der Waals surface area contributed by atoms with Crippen molar-refractivity contribution in [2.24, 2.45) is 11.7 Å². The predicted molar refractivity (Wildman–Crippen MR) is 78.8 cm³/mol. The second kappa shape index (κ2) is 5.77. The Morgan fingerprint density at radius 3 is 2.89 bits per heavy atom. The Hall–Kier alpha value is -0.650. The van der Waals surface area contributed by atoms with Gasteiger partial charge in [-0.05, 0) is 38.0 Å². The van der Waals surface area contributed by atoms with E-state index >= 15 is 0 Å². The standard InChI is InChI=1S/C14H23N3OS/c1-17(9-10-5-7-18-8-6-10)14-16-13-11(15)3-2-4-12(13)19-14/h10-11H,2-9,15H2,1H3. The molecule has 0 saturated carbocycles. The summed E-state index contributed by atoms with van der Waals surface area (Å²) in [6.45, 7) is 2.92. The molecule has 106 valence electrons. The Morgan fingerprint density at radius 2 is 2.16 bits per heavy atom. The zero-order chi connectivity index (χ0) is 13.2. The van der Waals surface area contributed by atoms with Crippen molar-refractivity contribution in [2.45, 2.75) is 38.1 Å². The molecule has 0 radical (unpaired) electrons. The molecule has 19 heavy (non-hydrogen) atoms. The van der Waals surface area contributed by atoms with Gasteiger partial charge in [0.1, 0.15) is 0 Å². The summed E-state index contributed by atoms with van der Waals surface area (Å²) in [4.78, 5) is 8.51. The molecule has 1 aromatic heterocycles. The van der Waals surface area contributed by atoms with E-state index in [1.165, 1.54) is 24.1 Å². The van der Waals surface area contributed by atoms with Gasteiger partial charge in [0.15, 0.2) is 5.13 Å². The molecule has 2 N–H and O–H groups in total. The largest absolute Gasteiger partial charge is 0.381 e. The lowest BCUT2D eigenvalue weighted by atomic mass is 9.99. The van der Waals surface area contributed by atoms with Crippen molar-refractivity contribution in [3.05, 3.63) is 10.6 Å². The molecule has 2 aliphatic rings. The van der Waals surface area contributed by atoms with Crippen LogP contribution in [0.15, 0.2) is 0 Å². The van der Waals surface area contributed by atoms with E-state index in [1.54, 1.807) is 0 Å².